The molecule has 45 heavy (non-hydrogen) atoms. The number of sulfonamides is 1. The molecule has 0 radical (unpaired) electrons. The van der Waals surface area contributed by atoms with Gasteiger partial charge in [0.1, 0.15) is 29.9 Å². The largest absolute Gasteiger partial charge is 0.461 e. The minimum absolute atomic E-state index is 0.0224. The number of aromatic nitrogens is 3. The van der Waals surface area contributed by atoms with Crippen LogP contribution in [0.4, 0.5) is 24.1 Å². The summed E-state index contributed by atoms with van der Waals surface area (Å²) < 4.78 is 78.1. The van der Waals surface area contributed by atoms with Crippen LogP contribution in [-0.4, -0.2) is 96.4 Å². The molecule has 2 aromatic heterocycles. The van der Waals surface area contributed by atoms with Crippen LogP contribution in [0.3, 0.4) is 0 Å². The molecule has 0 bridgehead atoms. The molecule has 2 atom stereocenters. The fourth-order valence-electron chi connectivity index (χ4n) is 6.99. The maximum atomic E-state index is 16.7. The molecular weight excluding hydrogens is 651 g/mol. The smallest absolute Gasteiger partial charge is 0.319 e. The highest BCUT2D eigenvalue weighted by molar-refractivity contribution is 7.88. The van der Waals surface area contributed by atoms with Gasteiger partial charge in [-0.15, -0.1) is 0 Å². The number of hydrogen-bond donors (Lipinski definition) is 1. The summed E-state index contributed by atoms with van der Waals surface area (Å²) in [5, 5.41) is 0.468. The molecule has 3 aliphatic heterocycles. The van der Waals surface area contributed by atoms with Crippen molar-refractivity contribution in [2.24, 2.45) is 0 Å². The molecule has 0 spiro atoms. The second kappa shape index (κ2) is 11.4. The normalized spacial score (nSPS) is 23.2. The summed E-state index contributed by atoms with van der Waals surface area (Å²) in [6.45, 7) is 2.54. The van der Waals surface area contributed by atoms with Gasteiger partial charge in [0.2, 0.25) is 10.0 Å². The van der Waals surface area contributed by atoms with E-state index in [0.29, 0.717) is 43.7 Å². The fraction of sp³-hybridized carbons (Fsp3) is 0.483. The quantitative estimate of drug-likeness (QED) is 0.305. The van der Waals surface area contributed by atoms with Crippen LogP contribution < -0.4 is 15.4 Å². The van der Waals surface area contributed by atoms with Crippen LogP contribution in [-0.2, 0) is 10.0 Å². The van der Waals surface area contributed by atoms with Gasteiger partial charge < -0.3 is 15.4 Å². The first-order chi connectivity index (χ1) is 21.4. The van der Waals surface area contributed by atoms with E-state index in [1.807, 2.05) is 4.90 Å². The summed E-state index contributed by atoms with van der Waals surface area (Å²) in [4.78, 5) is 17.4. The number of rotatable bonds is 6. The van der Waals surface area contributed by atoms with Crippen molar-refractivity contribution >= 4 is 65.0 Å². The number of nitrogens with zero attached hydrogens (tertiary/aromatic N) is 6. The monoisotopic (exact) mass is 681 g/mol. The second-order valence-electron chi connectivity index (χ2n) is 12.0. The van der Waals surface area contributed by atoms with Gasteiger partial charge in [-0.2, -0.15) is 9.97 Å². The maximum absolute atomic E-state index is 16.7. The minimum atomic E-state index is -3.41. The Morgan fingerprint density at radius 2 is 1.93 bits per heavy atom. The zero-order valence-electron chi connectivity index (χ0n) is 24.4. The molecule has 1 unspecified atom stereocenters. The highest BCUT2D eigenvalue weighted by Gasteiger charge is 2.49. The van der Waals surface area contributed by atoms with Crippen LogP contribution >= 0.6 is 22.9 Å². The summed E-state index contributed by atoms with van der Waals surface area (Å²) in [5.41, 5.74) is 5.73. The first-order valence-electron chi connectivity index (χ1n) is 14.7. The van der Waals surface area contributed by atoms with E-state index in [4.69, 9.17) is 27.1 Å². The Labute approximate surface area is 267 Å². The Balaban J connectivity index is 1.35. The van der Waals surface area contributed by atoms with Crippen LogP contribution in [0.2, 0.25) is 5.02 Å². The van der Waals surface area contributed by atoms with Crippen LogP contribution in [0.1, 0.15) is 25.7 Å². The van der Waals surface area contributed by atoms with Crippen LogP contribution in [0.25, 0.3) is 32.2 Å². The van der Waals surface area contributed by atoms with E-state index in [1.165, 1.54) is 22.7 Å². The van der Waals surface area contributed by atoms with E-state index in [9.17, 15) is 17.2 Å². The van der Waals surface area contributed by atoms with Crippen molar-refractivity contribution in [3.05, 3.63) is 34.9 Å². The number of thiazole rings is 1. The molecule has 4 aromatic rings. The summed E-state index contributed by atoms with van der Waals surface area (Å²) in [6, 6.07) is 4.09. The zero-order chi connectivity index (χ0) is 31.7. The molecule has 2 aromatic carbocycles. The van der Waals surface area contributed by atoms with Crippen molar-refractivity contribution in [1.29, 1.82) is 0 Å². The second-order valence-corrected chi connectivity index (χ2v) is 15.4. The Hall–Kier alpha value is -2.98. The molecule has 3 aliphatic rings. The van der Waals surface area contributed by atoms with Crippen molar-refractivity contribution < 1.29 is 26.3 Å². The zero-order valence-corrected chi connectivity index (χ0v) is 26.8. The van der Waals surface area contributed by atoms with Gasteiger partial charge in [-0.25, -0.2) is 30.9 Å². The molecule has 0 aliphatic carbocycles. The van der Waals surface area contributed by atoms with Crippen LogP contribution in [0, 0.1) is 11.6 Å². The average molecular weight is 682 g/mol. The number of benzene rings is 2. The van der Waals surface area contributed by atoms with Gasteiger partial charge >= 0.3 is 6.01 Å². The number of anilines is 2. The highest BCUT2D eigenvalue weighted by atomic mass is 35.5. The predicted molar refractivity (Wildman–Crippen MR) is 169 cm³/mol. The van der Waals surface area contributed by atoms with E-state index in [1.54, 1.807) is 6.07 Å². The minimum Gasteiger partial charge on any atom is -0.461 e. The molecule has 2 N–H and O–H groups in total. The van der Waals surface area contributed by atoms with E-state index in [2.05, 4.69) is 14.9 Å². The lowest BCUT2D eigenvalue weighted by atomic mass is 9.95. The van der Waals surface area contributed by atoms with Gasteiger partial charge in [-0.1, -0.05) is 22.9 Å². The molecule has 3 fully saturated rings. The maximum Gasteiger partial charge on any atom is 0.319 e. The van der Waals surface area contributed by atoms with Gasteiger partial charge in [0.25, 0.3) is 0 Å². The summed E-state index contributed by atoms with van der Waals surface area (Å²) in [7, 11) is -3.41. The molecule has 16 heteroatoms. The molecular formula is C29H31ClF3N7O3S2. The van der Waals surface area contributed by atoms with E-state index in [0.717, 1.165) is 30.7 Å². The lowest BCUT2D eigenvalue weighted by Crippen LogP contribution is -2.43. The summed E-state index contributed by atoms with van der Waals surface area (Å²) in [6.07, 6.45) is 2.77. The number of hydrogen-bond acceptors (Lipinski definition) is 10. The Morgan fingerprint density at radius 1 is 1.11 bits per heavy atom. The number of nitrogens with two attached hydrogens (primary N) is 1. The molecule has 7 rings (SSSR count). The Morgan fingerprint density at radius 3 is 2.73 bits per heavy atom. The predicted octanol–water partition coefficient (Wildman–Crippen LogP) is 4.85. The standard InChI is InChI=1S/C29H31ClF3N7O3S2/c1-45(41,42)40-9-3-7-38(10-11-40)26-18-12-19(30)21(17-4-5-20(32)25-24(17)35-27(34)44-25)22(33)23(18)36-28(37-26)43-15-29-6-2-8-39(29)14-16(31)13-29/h4-5,12,16H,2-3,6-11,13-15H2,1H3,(H2,34,35)/t16-,29?/m1/s1. The van der Waals surface area contributed by atoms with E-state index < -0.39 is 33.4 Å². The van der Waals surface area contributed by atoms with Crippen LogP contribution in [0.5, 0.6) is 6.01 Å². The number of nitrogen functional groups attached to an aromatic ring is 1. The lowest BCUT2D eigenvalue weighted by molar-refractivity contribution is 0.107. The molecule has 10 nitrogen and oxygen atoms in total. The third-order valence-electron chi connectivity index (χ3n) is 9.08. The summed E-state index contributed by atoms with van der Waals surface area (Å²) >= 11 is 7.71. The van der Waals surface area contributed by atoms with Gasteiger partial charge in [-0.3, -0.25) is 4.90 Å². The number of ether oxygens (including phenoxy) is 1. The SMILES string of the molecule is CS(=O)(=O)N1CCCN(c2nc(OCC34CCCN3C[C@H](F)C4)nc3c(F)c(-c4ccc(F)c5sc(N)nc45)c(Cl)cc23)CC1. The highest BCUT2D eigenvalue weighted by Crippen LogP contribution is 2.44. The van der Waals surface area contributed by atoms with Gasteiger partial charge in [0, 0.05) is 55.7 Å². The number of fused-ring (bicyclic) bond motifs is 3. The third-order valence-corrected chi connectivity index (χ3v) is 11.6. The van der Waals surface area contributed by atoms with Crippen molar-refractivity contribution in [3.63, 3.8) is 0 Å². The molecule has 3 saturated heterocycles. The Kier molecular flexibility index (Phi) is 7.75. The van der Waals surface area contributed by atoms with Gasteiger partial charge in [0.15, 0.2) is 10.9 Å². The van der Waals surface area contributed by atoms with Crippen molar-refractivity contribution in [2.75, 3.05) is 62.8 Å². The average Bonchev–Trinajstić information content (AvgIpc) is 3.57. The number of halogens is 4. The van der Waals surface area contributed by atoms with Crippen molar-refractivity contribution in [3.8, 4) is 17.1 Å². The third kappa shape index (κ3) is 5.45. The van der Waals surface area contributed by atoms with Gasteiger partial charge in [-0.05, 0) is 44.0 Å². The molecule has 5 heterocycles. The fourth-order valence-corrected chi connectivity index (χ4v) is 8.92. The first-order valence-corrected chi connectivity index (χ1v) is 17.7. The van der Waals surface area contributed by atoms with E-state index in [-0.39, 0.29) is 62.7 Å². The number of alkyl halides is 1. The first kappa shape index (κ1) is 30.7. The summed E-state index contributed by atoms with van der Waals surface area (Å²) in [5.74, 6) is -0.966. The Bertz CT molecular complexity index is 1930. The van der Waals surface area contributed by atoms with E-state index >= 15 is 4.39 Å². The van der Waals surface area contributed by atoms with Crippen molar-refractivity contribution in [2.45, 2.75) is 37.4 Å². The van der Waals surface area contributed by atoms with Crippen molar-refractivity contribution in [1.82, 2.24) is 24.2 Å². The lowest BCUT2D eigenvalue weighted by Gasteiger charge is -2.31. The topological polar surface area (TPSA) is 118 Å². The van der Waals surface area contributed by atoms with Crippen LogP contribution in [0.15, 0.2) is 18.2 Å². The molecule has 0 amide bonds. The molecule has 240 valence electrons. The molecule has 0 saturated carbocycles. The van der Waals surface area contributed by atoms with Gasteiger partial charge in [0.05, 0.1) is 27.0 Å².